The third-order valence-electron chi connectivity index (χ3n) is 1.03. The van der Waals surface area contributed by atoms with Gasteiger partial charge in [0.05, 0.1) is 10.7 Å². The van der Waals surface area contributed by atoms with Crippen molar-refractivity contribution < 1.29 is 4.79 Å². The fourth-order valence-corrected chi connectivity index (χ4v) is 0.665. The zero-order valence-corrected chi connectivity index (χ0v) is 7.65. The number of hydrogen-bond acceptors (Lipinski definition) is 4. The van der Waals surface area contributed by atoms with Crippen molar-refractivity contribution in [3.63, 3.8) is 0 Å². The number of anilines is 1. The maximum Gasteiger partial charge on any atom is 0.158 e. The Bertz CT molecular complexity index is 286. The summed E-state index contributed by atoms with van der Waals surface area (Å²) in [6, 6.07) is 0. The second-order valence-electron chi connectivity index (χ2n) is 1.88. The van der Waals surface area contributed by atoms with Crippen molar-refractivity contribution in [3.8, 4) is 0 Å². The Labute approximate surface area is 77.9 Å². The Morgan fingerprint density at radius 3 is 3.00 bits per heavy atom. The first-order chi connectivity index (χ1) is 5.83. The molecule has 1 aromatic rings. The van der Waals surface area contributed by atoms with Crippen LogP contribution in [0.4, 0.5) is 5.82 Å². The molecule has 0 fully saturated rings. The lowest BCUT2D eigenvalue weighted by atomic mass is 10.6. The van der Waals surface area contributed by atoms with Gasteiger partial charge in [-0.2, -0.15) is 0 Å². The Kier molecular flexibility index (Phi) is 3.40. The number of halogens is 1. The van der Waals surface area contributed by atoms with Crippen LogP contribution in [0.5, 0.6) is 0 Å². The second kappa shape index (κ2) is 4.61. The lowest BCUT2D eigenvalue weighted by Gasteiger charge is -1.96. The summed E-state index contributed by atoms with van der Waals surface area (Å²) < 4.78 is 0.424. The van der Waals surface area contributed by atoms with Gasteiger partial charge in [0.25, 0.3) is 0 Å². The number of allylic oxidation sites excluding steroid dienone is 1. The molecule has 0 aliphatic heterocycles. The molecular weight excluding hydrogens is 222 g/mol. The third kappa shape index (κ3) is 2.79. The maximum atomic E-state index is 10.1. The van der Waals surface area contributed by atoms with Crippen molar-refractivity contribution in [2.24, 2.45) is 0 Å². The fourth-order valence-electron chi connectivity index (χ4n) is 0.551. The van der Waals surface area contributed by atoms with Crippen LogP contribution in [-0.2, 0) is 4.79 Å². The number of nitrogens with zero attached hydrogens (tertiary/aromatic N) is 2. The Morgan fingerprint density at radius 1 is 1.58 bits per heavy atom. The van der Waals surface area contributed by atoms with Crippen molar-refractivity contribution in [2.45, 2.75) is 0 Å². The van der Waals surface area contributed by atoms with Crippen LogP contribution in [0.25, 0.3) is 0 Å². The summed E-state index contributed by atoms with van der Waals surface area (Å²) in [5.41, 5.74) is 0. The molecule has 62 valence electrons. The highest BCUT2D eigenvalue weighted by molar-refractivity contribution is 9.12. The fraction of sp³-hybridized carbons (Fsp3) is 0. The van der Waals surface area contributed by atoms with Crippen LogP contribution >= 0.6 is 15.9 Å². The standard InChI is InChI=1S/C7H6BrN3O/c8-6(5-12)3-11-7-4-9-1-2-10-7/h1-5H,(H,10,11). The first-order valence-corrected chi connectivity index (χ1v) is 3.95. The summed E-state index contributed by atoms with van der Waals surface area (Å²) in [6.07, 6.45) is 6.87. The zero-order valence-electron chi connectivity index (χ0n) is 6.07. The van der Waals surface area contributed by atoms with Crippen LogP contribution in [-0.4, -0.2) is 16.3 Å². The van der Waals surface area contributed by atoms with E-state index in [1.54, 1.807) is 18.6 Å². The summed E-state index contributed by atoms with van der Waals surface area (Å²) in [4.78, 5) is 17.9. The Balaban J connectivity index is 2.60. The molecule has 1 N–H and O–H groups in total. The first-order valence-electron chi connectivity index (χ1n) is 3.16. The molecule has 0 bridgehead atoms. The van der Waals surface area contributed by atoms with Gasteiger partial charge in [0.15, 0.2) is 6.29 Å². The maximum absolute atomic E-state index is 10.1. The Morgan fingerprint density at radius 2 is 2.42 bits per heavy atom. The van der Waals surface area contributed by atoms with E-state index in [-0.39, 0.29) is 0 Å². The normalized spacial score (nSPS) is 10.9. The van der Waals surface area contributed by atoms with Crippen LogP contribution in [0.3, 0.4) is 0 Å². The van der Waals surface area contributed by atoms with Crippen LogP contribution in [0.1, 0.15) is 0 Å². The van der Waals surface area contributed by atoms with Crippen LogP contribution in [0, 0.1) is 0 Å². The van der Waals surface area contributed by atoms with E-state index in [2.05, 4.69) is 31.2 Å². The van der Waals surface area contributed by atoms with Gasteiger partial charge in [-0.15, -0.1) is 0 Å². The van der Waals surface area contributed by atoms with E-state index in [0.29, 0.717) is 16.6 Å². The van der Waals surface area contributed by atoms with Gasteiger partial charge in [0, 0.05) is 18.6 Å². The average Bonchev–Trinajstić information content (AvgIpc) is 2.16. The van der Waals surface area contributed by atoms with Gasteiger partial charge in [0.1, 0.15) is 5.82 Å². The monoisotopic (exact) mass is 227 g/mol. The van der Waals surface area contributed by atoms with Crippen LogP contribution in [0.2, 0.25) is 0 Å². The van der Waals surface area contributed by atoms with Crippen molar-refractivity contribution in [1.29, 1.82) is 0 Å². The molecule has 0 aliphatic carbocycles. The highest BCUT2D eigenvalue weighted by atomic mass is 79.9. The van der Waals surface area contributed by atoms with E-state index in [0.717, 1.165) is 0 Å². The highest BCUT2D eigenvalue weighted by Crippen LogP contribution is 2.02. The number of carbonyl (C=O) groups excluding carboxylic acids is 1. The SMILES string of the molecule is O=CC(Br)=CNc1cnccn1. The van der Waals surface area contributed by atoms with Gasteiger partial charge >= 0.3 is 0 Å². The minimum atomic E-state index is 0.424. The zero-order chi connectivity index (χ0) is 8.81. The molecule has 0 amide bonds. The second-order valence-corrected chi connectivity index (χ2v) is 2.80. The predicted molar refractivity (Wildman–Crippen MR) is 48.7 cm³/mol. The van der Waals surface area contributed by atoms with Gasteiger partial charge in [-0.05, 0) is 15.9 Å². The number of rotatable bonds is 3. The molecule has 12 heavy (non-hydrogen) atoms. The minimum Gasteiger partial charge on any atom is -0.344 e. The molecule has 0 atom stereocenters. The van der Waals surface area contributed by atoms with Gasteiger partial charge in [-0.3, -0.25) is 9.78 Å². The molecule has 0 saturated carbocycles. The summed E-state index contributed by atoms with van der Waals surface area (Å²) in [5, 5.41) is 2.78. The number of carbonyl (C=O) groups is 1. The molecule has 0 radical (unpaired) electrons. The molecule has 5 heteroatoms. The summed E-state index contributed by atoms with van der Waals surface area (Å²) >= 11 is 3.02. The minimum absolute atomic E-state index is 0.424. The molecule has 4 nitrogen and oxygen atoms in total. The number of nitrogens with one attached hydrogen (secondary N) is 1. The van der Waals surface area contributed by atoms with E-state index in [4.69, 9.17) is 0 Å². The van der Waals surface area contributed by atoms with Gasteiger partial charge in [-0.1, -0.05) is 0 Å². The number of hydrogen-bond donors (Lipinski definition) is 1. The molecule has 0 aromatic carbocycles. The van der Waals surface area contributed by atoms with Crippen molar-refractivity contribution in [3.05, 3.63) is 29.3 Å². The van der Waals surface area contributed by atoms with Crippen LogP contribution < -0.4 is 5.32 Å². The smallest absolute Gasteiger partial charge is 0.158 e. The van der Waals surface area contributed by atoms with Crippen LogP contribution in [0.15, 0.2) is 29.3 Å². The predicted octanol–water partition coefficient (Wildman–Crippen LogP) is 1.32. The van der Waals surface area contributed by atoms with Crippen molar-refractivity contribution >= 4 is 28.0 Å². The molecule has 0 aliphatic rings. The van der Waals surface area contributed by atoms with Gasteiger partial charge in [0.2, 0.25) is 0 Å². The topological polar surface area (TPSA) is 54.9 Å². The third-order valence-corrected chi connectivity index (χ3v) is 1.45. The quantitative estimate of drug-likeness (QED) is 0.626. The number of aromatic nitrogens is 2. The lowest BCUT2D eigenvalue weighted by molar-refractivity contribution is -0.104. The Hall–Kier alpha value is -1.23. The summed E-state index contributed by atoms with van der Waals surface area (Å²) in [6.45, 7) is 0. The molecular formula is C7H6BrN3O. The van der Waals surface area contributed by atoms with E-state index in [1.807, 2.05) is 0 Å². The lowest BCUT2D eigenvalue weighted by Crippen LogP contribution is -1.92. The first kappa shape index (κ1) is 8.86. The molecule has 0 spiro atoms. The van der Waals surface area contributed by atoms with Crippen molar-refractivity contribution in [2.75, 3.05) is 5.32 Å². The van der Waals surface area contributed by atoms with Gasteiger partial charge < -0.3 is 5.32 Å². The summed E-state index contributed by atoms with van der Waals surface area (Å²) in [7, 11) is 0. The van der Waals surface area contributed by atoms with E-state index in [9.17, 15) is 4.79 Å². The molecule has 0 saturated heterocycles. The highest BCUT2D eigenvalue weighted by Gasteiger charge is 1.89. The van der Waals surface area contributed by atoms with E-state index in [1.165, 1.54) is 6.20 Å². The average molecular weight is 228 g/mol. The summed E-state index contributed by atoms with van der Waals surface area (Å²) in [5.74, 6) is 0.594. The molecule has 1 rings (SSSR count). The van der Waals surface area contributed by atoms with Gasteiger partial charge in [-0.25, -0.2) is 4.98 Å². The molecule has 0 unspecified atom stereocenters. The largest absolute Gasteiger partial charge is 0.344 e. The molecule has 1 aromatic heterocycles. The van der Waals surface area contributed by atoms with E-state index >= 15 is 0 Å². The van der Waals surface area contributed by atoms with Crippen molar-refractivity contribution in [1.82, 2.24) is 9.97 Å². The van der Waals surface area contributed by atoms with E-state index < -0.39 is 0 Å². The molecule has 1 heterocycles. The number of aldehydes is 1.